The number of aromatic nitrogens is 1. The van der Waals surface area contributed by atoms with E-state index in [2.05, 4.69) is 9.98 Å². The summed E-state index contributed by atoms with van der Waals surface area (Å²) in [4.78, 5) is 20.2. The molecule has 0 radical (unpaired) electrons. The van der Waals surface area contributed by atoms with Crippen LogP contribution in [0.25, 0.3) is 10.9 Å². The van der Waals surface area contributed by atoms with Gasteiger partial charge < -0.3 is 10.1 Å². The molecule has 0 amide bonds. The number of Topliss-reactive ketones (excluding diaryl/α,β-unsaturated/α-hetero) is 1. The monoisotopic (exact) mass is 290 g/mol. The zero-order chi connectivity index (χ0) is 15.4. The molecule has 4 heteroatoms. The lowest BCUT2D eigenvalue weighted by Crippen LogP contribution is -2.12. The second-order valence-corrected chi connectivity index (χ2v) is 5.60. The Labute approximate surface area is 127 Å². The molecule has 1 aliphatic rings. The number of nitrogens with one attached hydrogen (secondary N) is 1. The largest absolute Gasteiger partial charge is 0.505 e. The Morgan fingerprint density at radius 1 is 1.05 bits per heavy atom. The lowest BCUT2D eigenvalue weighted by atomic mass is 10.0. The van der Waals surface area contributed by atoms with Crippen LogP contribution in [0.1, 0.15) is 27.2 Å². The summed E-state index contributed by atoms with van der Waals surface area (Å²) in [6, 6.07) is 11.3. The summed E-state index contributed by atoms with van der Waals surface area (Å²) in [5.74, 6) is -0.0572. The van der Waals surface area contributed by atoms with Crippen molar-refractivity contribution in [1.82, 2.24) is 4.98 Å². The van der Waals surface area contributed by atoms with Gasteiger partial charge in [0.25, 0.3) is 0 Å². The van der Waals surface area contributed by atoms with Crippen molar-refractivity contribution in [2.75, 3.05) is 0 Å². The zero-order valence-corrected chi connectivity index (χ0v) is 12.3. The summed E-state index contributed by atoms with van der Waals surface area (Å²) in [7, 11) is 0. The maximum absolute atomic E-state index is 12.7. The number of ketones is 1. The number of aliphatic imine (C=N–C) groups is 1. The molecule has 0 spiro atoms. The smallest absolute Gasteiger partial charge is 0.216 e. The van der Waals surface area contributed by atoms with Gasteiger partial charge in [-0.1, -0.05) is 24.3 Å². The van der Waals surface area contributed by atoms with E-state index in [0.717, 1.165) is 22.0 Å². The van der Waals surface area contributed by atoms with E-state index in [4.69, 9.17) is 0 Å². The molecule has 4 rings (SSSR count). The quantitative estimate of drug-likeness (QED) is 0.715. The molecule has 0 unspecified atom stereocenters. The number of fused-ring (bicyclic) bond motifs is 2. The molecule has 3 aromatic rings. The molecule has 108 valence electrons. The Morgan fingerprint density at radius 3 is 2.50 bits per heavy atom. The van der Waals surface area contributed by atoms with Crippen LogP contribution in [-0.4, -0.2) is 21.6 Å². The maximum Gasteiger partial charge on any atom is 0.216 e. The van der Waals surface area contributed by atoms with Gasteiger partial charge in [-0.2, -0.15) is 0 Å². The van der Waals surface area contributed by atoms with Gasteiger partial charge in [-0.05, 0) is 37.1 Å². The van der Waals surface area contributed by atoms with Crippen molar-refractivity contribution in [3.63, 3.8) is 0 Å². The summed E-state index contributed by atoms with van der Waals surface area (Å²) in [5.41, 5.74) is 4.60. The van der Waals surface area contributed by atoms with Gasteiger partial charge in [0.05, 0.1) is 11.3 Å². The van der Waals surface area contributed by atoms with Crippen LogP contribution in [0.3, 0.4) is 0 Å². The summed E-state index contributed by atoms with van der Waals surface area (Å²) >= 11 is 0. The van der Waals surface area contributed by atoms with Gasteiger partial charge in [0.1, 0.15) is 11.4 Å². The highest BCUT2D eigenvalue weighted by atomic mass is 16.3. The fraction of sp³-hybridized carbons (Fsp3) is 0.111. The molecule has 1 aliphatic heterocycles. The standard InChI is InChI=1S/C18H14N2O2/c1-9-5-3-7-11-13(9)17(21)15(19-11)16-18(22)14-10(2)6-4-8-12(14)20-16/h3-8,19,21H,1-2H3. The van der Waals surface area contributed by atoms with Crippen LogP contribution in [-0.2, 0) is 0 Å². The first kappa shape index (κ1) is 12.8. The third-order valence-corrected chi connectivity index (χ3v) is 4.17. The van der Waals surface area contributed by atoms with Crippen LogP contribution in [0, 0.1) is 13.8 Å². The lowest BCUT2D eigenvalue weighted by molar-refractivity contribution is 0.106. The first-order chi connectivity index (χ1) is 10.6. The Hall–Kier alpha value is -2.88. The first-order valence-corrected chi connectivity index (χ1v) is 7.11. The summed E-state index contributed by atoms with van der Waals surface area (Å²) < 4.78 is 0. The normalized spacial score (nSPS) is 13.5. The fourth-order valence-corrected chi connectivity index (χ4v) is 3.08. The number of rotatable bonds is 1. The van der Waals surface area contributed by atoms with E-state index in [1.165, 1.54) is 0 Å². The van der Waals surface area contributed by atoms with Crippen LogP contribution >= 0.6 is 0 Å². The summed E-state index contributed by atoms with van der Waals surface area (Å²) in [6.45, 7) is 3.82. The molecule has 0 aliphatic carbocycles. The van der Waals surface area contributed by atoms with Gasteiger partial charge in [-0.15, -0.1) is 0 Å². The minimum atomic E-state index is -0.146. The Balaban J connectivity index is 1.95. The van der Waals surface area contributed by atoms with Gasteiger partial charge in [-0.25, -0.2) is 4.99 Å². The van der Waals surface area contributed by atoms with E-state index >= 15 is 0 Å². The van der Waals surface area contributed by atoms with Crippen molar-refractivity contribution < 1.29 is 9.90 Å². The number of benzene rings is 2. The van der Waals surface area contributed by atoms with Crippen LogP contribution in [0.15, 0.2) is 41.4 Å². The molecular weight excluding hydrogens is 276 g/mol. The van der Waals surface area contributed by atoms with Crippen molar-refractivity contribution in [2.24, 2.45) is 4.99 Å². The predicted molar refractivity (Wildman–Crippen MR) is 86.4 cm³/mol. The number of aromatic hydroxyl groups is 1. The SMILES string of the molecule is Cc1cccc2c1C(=O)C(c1[nH]c3cccc(C)c3c1O)=N2. The average Bonchev–Trinajstić information content (AvgIpc) is 2.99. The predicted octanol–water partition coefficient (Wildman–Crippen LogP) is 3.81. The van der Waals surface area contributed by atoms with Crippen molar-refractivity contribution in [3.8, 4) is 5.75 Å². The van der Waals surface area contributed by atoms with Crippen molar-refractivity contribution in [2.45, 2.75) is 13.8 Å². The first-order valence-electron chi connectivity index (χ1n) is 7.11. The Bertz CT molecular complexity index is 980. The fourth-order valence-electron chi connectivity index (χ4n) is 3.08. The van der Waals surface area contributed by atoms with Crippen LogP contribution < -0.4 is 0 Å². The van der Waals surface area contributed by atoms with Crippen molar-refractivity contribution >= 4 is 28.1 Å². The van der Waals surface area contributed by atoms with Gasteiger partial charge in [0, 0.05) is 10.9 Å². The molecule has 0 saturated carbocycles. The molecule has 22 heavy (non-hydrogen) atoms. The summed E-state index contributed by atoms with van der Waals surface area (Å²) in [5, 5.41) is 11.3. The van der Waals surface area contributed by atoms with E-state index in [0.29, 0.717) is 16.9 Å². The lowest BCUT2D eigenvalue weighted by Gasteiger charge is -2.00. The van der Waals surface area contributed by atoms with E-state index in [1.54, 1.807) is 0 Å². The Morgan fingerprint density at radius 2 is 1.77 bits per heavy atom. The number of aromatic amines is 1. The molecule has 2 N–H and O–H groups in total. The molecular formula is C18H14N2O2. The van der Waals surface area contributed by atoms with E-state index in [9.17, 15) is 9.90 Å². The number of aryl methyl sites for hydroxylation is 2. The maximum atomic E-state index is 12.7. The van der Waals surface area contributed by atoms with Gasteiger partial charge >= 0.3 is 0 Å². The number of nitrogens with zero attached hydrogens (tertiary/aromatic N) is 1. The van der Waals surface area contributed by atoms with Crippen molar-refractivity contribution in [3.05, 3.63) is 58.8 Å². The van der Waals surface area contributed by atoms with Gasteiger partial charge in [-0.3, -0.25) is 4.79 Å². The molecule has 0 atom stereocenters. The van der Waals surface area contributed by atoms with E-state index in [-0.39, 0.29) is 17.2 Å². The second kappa shape index (κ2) is 4.31. The van der Waals surface area contributed by atoms with Crippen molar-refractivity contribution in [1.29, 1.82) is 0 Å². The number of carbonyl (C=O) groups is 1. The molecule has 2 heterocycles. The second-order valence-electron chi connectivity index (χ2n) is 5.60. The highest BCUT2D eigenvalue weighted by molar-refractivity contribution is 6.55. The van der Waals surface area contributed by atoms with E-state index in [1.807, 2.05) is 50.2 Å². The van der Waals surface area contributed by atoms with Crippen LogP contribution in [0.2, 0.25) is 0 Å². The van der Waals surface area contributed by atoms with Crippen LogP contribution in [0.4, 0.5) is 5.69 Å². The number of H-pyrrole nitrogens is 1. The van der Waals surface area contributed by atoms with Crippen LogP contribution in [0.5, 0.6) is 5.75 Å². The molecule has 0 saturated heterocycles. The average molecular weight is 290 g/mol. The molecule has 2 aromatic carbocycles. The van der Waals surface area contributed by atoms with E-state index < -0.39 is 0 Å². The third-order valence-electron chi connectivity index (χ3n) is 4.17. The number of hydrogen-bond donors (Lipinski definition) is 2. The molecule has 0 fully saturated rings. The summed E-state index contributed by atoms with van der Waals surface area (Å²) in [6.07, 6.45) is 0. The molecule has 1 aromatic heterocycles. The molecule has 0 bridgehead atoms. The van der Waals surface area contributed by atoms with Gasteiger partial charge in [0.2, 0.25) is 5.78 Å². The Kier molecular flexibility index (Phi) is 2.51. The topological polar surface area (TPSA) is 65.5 Å². The molecule has 4 nitrogen and oxygen atoms in total. The third kappa shape index (κ3) is 1.58. The minimum absolute atomic E-state index is 0.0886. The number of hydrogen-bond acceptors (Lipinski definition) is 3. The zero-order valence-electron chi connectivity index (χ0n) is 12.3. The highest BCUT2D eigenvalue weighted by Gasteiger charge is 2.30. The number of carbonyl (C=O) groups excluding carboxylic acids is 1. The highest BCUT2D eigenvalue weighted by Crippen LogP contribution is 2.37. The van der Waals surface area contributed by atoms with Gasteiger partial charge in [0.15, 0.2) is 5.75 Å². The minimum Gasteiger partial charge on any atom is -0.505 e.